The Morgan fingerprint density at radius 3 is 2.48 bits per heavy atom. The van der Waals surface area contributed by atoms with Gasteiger partial charge < -0.3 is 16.2 Å². The Hall–Kier alpha value is -4.83. The van der Waals surface area contributed by atoms with Gasteiger partial charge in [-0.1, -0.05) is 12.1 Å². The number of nitrogen functional groups attached to an aromatic ring is 1. The van der Waals surface area contributed by atoms with Crippen LogP contribution in [0.25, 0.3) is 22.3 Å². The Bertz CT molecular complexity index is 1750. The topological polar surface area (TPSA) is 128 Å². The van der Waals surface area contributed by atoms with Crippen molar-refractivity contribution in [1.29, 1.82) is 0 Å². The van der Waals surface area contributed by atoms with Crippen LogP contribution in [-0.4, -0.2) is 36.3 Å². The highest BCUT2D eigenvalue weighted by molar-refractivity contribution is 6.04. The number of nitrogens with one attached hydrogen (secondary N) is 1. The van der Waals surface area contributed by atoms with Crippen LogP contribution in [0, 0.1) is 5.82 Å². The lowest BCUT2D eigenvalue weighted by Gasteiger charge is -2.24. The second-order valence-corrected chi connectivity index (χ2v) is 10.00. The SMILES string of the molecule is Nc1ncnn2c(C3CCC(O)CC3)cc(-c3ccc(NC(=O)c4cccn(-c5ccc(F)cc5)c4=O)cc3)c12. The maximum absolute atomic E-state index is 13.3. The van der Waals surface area contributed by atoms with E-state index in [9.17, 15) is 19.1 Å². The first-order chi connectivity index (χ1) is 19.4. The van der Waals surface area contributed by atoms with Crippen molar-refractivity contribution in [1.82, 2.24) is 19.2 Å². The van der Waals surface area contributed by atoms with Crippen LogP contribution in [0.1, 0.15) is 47.7 Å². The highest BCUT2D eigenvalue weighted by Crippen LogP contribution is 2.38. The highest BCUT2D eigenvalue weighted by atomic mass is 19.1. The molecule has 1 aliphatic carbocycles. The number of fused-ring (bicyclic) bond motifs is 1. The number of pyridine rings is 1. The van der Waals surface area contributed by atoms with Gasteiger partial charge in [-0.15, -0.1) is 0 Å². The van der Waals surface area contributed by atoms with Gasteiger partial charge in [0.1, 0.15) is 23.2 Å². The summed E-state index contributed by atoms with van der Waals surface area (Å²) in [6.45, 7) is 0. The minimum absolute atomic E-state index is 0.0403. The van der Waals surface area contributed by atoms with Crippen molar-refractivity contribution in [3.8, 4) is 16.8 Å². The van der Waals surface area contributed by atoms with Crippen LogP contribution in [0.2, 0.25) is 0 Å². The number of aromatic nitrogens is 4. The van der Waals surface area contributed by atoms with Crippen molar-refractivity contribution in [2.45, 2.75) is 37.7 Å². The number of nitrogens with two attached hydrogens (primary N) is 1. The van der Waals surface area contributed by atoms with Crippen LogP contribution in [0.15, 0.2) is 84.0 Å². The molecule has 2 aromatic carbocycles. The molecule has 1 saturated carbocycles. The van der Waals surface area contributed by atoms with Gasteiger partial charge in [0.25, 0.3) is 11.5 Å². The number of benzene rings is 2. The number of aliphatic hydroxyl groups excluding tert-OH is 1. The third kappa shape index (κ3) is 4.73. The van der Waals surface area contributed by atoms with E-state index in [2.05, 4.69) is 21.5 Å². The Labute approximate surface area is 228 Å². The fraction of sp³-hybridized carbons (Fsp3) is 0.200. The van der Waals surface area contributed by atoms with E-state index in [1.54, 1.807) is 18.2 Å². The zero-order valence-corrected chi connectivity index (χ0v) is 21.5. The quantitative estimate of drug-likeness (QED) is 0.302. The molecule has 0 spiro atoms. The maximum Gasteiger partial charge on any atom is 0.267 e. The van der Waals surface area contributed by atoms with E-state index in [4.69, 9.17) is 5.73 Å². The largest absolute Gasteiger partial charge is 0.393 e. The number of amides is 1. The van der Waals surface area contributed by atoms with Crippen molar-refractivity contribution >= 4 is 22.9 Å². The standard InChI is InChI=1S/C30H27FN6O3/c31-20-7-11-22(12-8-20)36-15-1-2-24(30(36)40)29(39)35-21-9-3-18(4-10-21)25-16-26(19-5-13-23(38)14-6-19)37-27(25)28(32)33-17-34-37/h1-4,7-12,15-17,19,23,38H,5-6,13-14H2,(H,35,39)(H2,32,33,34). The van der Waals surface area contributed by atoms with Gasteiger partial charge in [-0.25, -0.2) is 13.9 Å². The molecule has 0 bridgehead atoms. The number of nitrogens with zero attached hydrogens (tertiary/aromatic N) is 4. The molecule has 4 N–H and O–H groups in total. The number of anilines is 2. The summed E-state index contributed by atoms with van der Waals surface area (Å²) in [5.74, 6) is -0.348. The summed E-state index contributed by atoms with van der Waals surface area (Å²) in [5, 5.41) is 17.2. The van der Waals surface area contributed by atoms with E-state index in [1.807, 2.05) is 16.6 Å². The third-order valence-corrected chi connectivity index (χ3v) is 7.48. The monoisotopic (exact) mass is 538 g/mol. The van der Waals surface area contributed by atoms with Crippen molar-refractivity contribution in [3.63, 3.8) is 0 Å². The van der Waals surface area contributed by atoms with Crippen molar-refractivity contribution in [2.75, 3.05) is 11.1 Å². The molecule has 0 atom stereocenters. The predicted octanol–water partition coefficient (Wildman–Crippen LogP) is 4.54. The molecule has 1 fully saturated rings. The molecule has 3 heterocycles. The molecule has 6 rings (SSSR count). The van der Waals surface area contributed by atoms with Gasteiger partial charge in [0.05, 0.1) is 6.10 Å². The van der Waals surface area contributed by atoms with Crippen LogP contribution >= 0.6 is 0 Å². The summed E-state index contributed by atoms with van der Waals surface area (Å²) >= 11 is 0. The molecule has 9 nitrogen and oxygen atoms in total. The van der Waals surface area contributed by atoms with Crippen LogP contribution in [0.5, 0.6) is 0 Å². The molecule has 5 aromatic rings. The van der Waals surface area contributed by atoms with Crippen molar-refractivity contribution in [2.24, 2.45) is 0 Å². The van der Waals surface area contributed by atoms with Gasteiger partial charge in [0.15, 0.2) is 5.82 Å². The molecule has 0 saturated heterocycles. The molecule has 0 aliphatic heterocycles. The average molecular weight is 539 g/mol. The molecule has 0 unspecified atom stereocenters. The second-order valence-electron chi connectivity index (χ2n) is 10.00. The van der Waals surface area contributed by atoms with Crippen LogP contribution in [0.4, 0.5) is 15.9 Å². The molecular formula is C30H27FN6O3. The Balaban J connectivity index is 1.27. The Kier molecular flexibility index (Phi) is 6.61. The molecule has 202 valence electrons. The normalized spacial score (nSPS) is 17.1. The number of carbonyl (C=O) groups excluding carboxylic acids is 1. The number of rotatable bonds is 5. The number of carbonyl (C=O) groups is 1. The van der Waals surface area contributed by atoms with Gasteiger partial charge >= 0.3 is 0 Å². The van der Waals surface area contributed by atoms with E-state index in [-0.39, 0.29) is 17.6 Å². The number of aliphatic hydroxyl groups is 1. The van der Waals surface area contributed by atoms with Crippen molar-refractivity contribution < 1.29 is 14.3 Å². The number of hydrogen-bond acceptors (Lipinski definition) is 6. The fourth-order valence-corrected chi connectivity index (χ4v) is 5.38. The number of hydrogen-bond donors (Lipinski definition) is 3. The van der Waals surface area contributed by atoms with E-state index in [0.29, 0.717) is 22.7 Å². The number of halogens is 1. The lowest BCUT2D eigenvalue weighted by atomic mass is 9.85. The molecule has 10 heteroatoms. The summed E-state index contributed by atoms with van der Waals surface area (Å²) in [7, 11) is 0. The van der Waals surface area contributed by atoms with E-state index in [1.165, 1.54) is 47.4 Å². The molecule has 1 aliphatic rings. The highest BCUT2D eigenvalue weighted by Gasteiger charge is 2.26. The first kappa shape index (κ1) is 25.4. The van der Waals surface area contributed by atoms with E-state index in [0.717, 1.165) is 42.5 Å². The van der Waals surface area contributed by atoms with Crippen LogP contribution in [-0.2, 0) is 0 Å². The first-order valence-electron chi connectivity index (χ1n) is 13.1. The van der Waals surface area contributed by atoms with Crippen LogP contribution in [0.3, 0.4) is 0 Å². The molecule has 0 radical (unpaired) electrons. The van der Waals surface area contributed by atoms with Gasteiger partial charge in [-0.05, 0) is 85.8 Å². The minimum atomic E-state index is -0.553. The van der Waals surface area contributed by atoms with Gasteiger partial charge in [0.2, 0.25) is 0 Å². The molecule has 40 heavy (non-hydrogen) atoms. The third-order valence-electron chi connectivity index (χ3n) is 7.48. The van der Waals surface area contributed by atoms with E-state index < -0.39 is 17.3 Å². The van der Waals surface area contributed by atoms with E-state index >= 15 is 0 Å². The molecule has 1 amide bonds. The zero-order chi connectivity index (χ0) is 27.8. The lowest BCUT2D eigenvalue weighted by molar-refractivity contribution is 0.102. The summed E-state index contributed by atoms with van der Waals surface area (Å²) in [5.41, 5.74) is 10.2. The second kappa shape index (κ2) is 10.4. The summed E-state index contributed by atoms with van der Waals surface area (Å²) < 4.78 is 16.5. The van der Waals surface area contributed by atoms with Crippen LogP contribution < -0.4 is 16.6 Å². The van der Waals surface area contributed by atoms with Gasteiger partial charge in [0, 0.05) is 34.7 Å². The summed E-state index contributed by atoms with van der Waals surface area (Å²) in [6, 6.07) is 17.8. The average Bonchev–Trinajstić information content (AvgIpc) is 3.35. The van der Waals surface area contributed by atoms with Gasteiger partial charge in [-0.2, -0.15) is 5.10 Å². The summed E-state index contributed by atoms with van der Waals surface area (Å²) in [6.07, 6.45) is 5.94. The Morgan fingerprint density at radius 2 is 1.75 bits per heavy atom. The minimum Gasteiger partial charge on any atom is -0.393 e. The lowest BCUT2D eigenvalue weighted by Crippen LogP contribution is -2.27. The maximum atomic E-state index is 13.3. The smallest absolute Gasteiger partial charge is 0.267 e. The van der Waals surface area contributed by atoms with Crippen molar-refractivity contribution in [3.05, 3.63) is 107 Å². The fourth-order valence-electron chi connectivity index (χ4n) is 5.38. The van der Waals surface area contributed by atoms with Gasteiger partial charge in [-0.3, -0.25) is 14.2 Å². The molecular weight excluding hydrogens is 511 g/mol. The predicted molar refractivity (Wildman–Crippen MR) is 150 cm³/mol. The molecule has 3 aromatic heterocycles. The zero-order valence-electron chi connectivity index (χ0n) is 21.5. The Morgan fingerprint density at radius 1 is 1.02 bits per heavy atom. The first-order valence-corrected chi connectivity index (χ1v) is 13.1. The summed E-state index contributed by atoms with van der Waals surface area (Å²) in [4.78, 5) is 30.2.